The van der Waals surface area contributed by atoms with Gasteiger partial charge >= 0.3 is 0 Å². The van der Waals surface area contributed by atoms with Gasteiger partial charge in [-0.15, -0.1) is 0 Å². The van der Waals surface area contributed by atoms with Crippen LogP contribution in [0.4, 0.5) is 5.69 Å². The van der Waals surface area contributed by atoms with Crippen LogP contribution >= 0.6 is 0 Å². The van der Waals surface area contributed by atoms with Gasteiger partial charge in [-0.2, -0.15) is 0 Å². The first-order chi connectivity index (χ1) is 9.11. The molecule has 0 aromatic heterocycles. The molecule has 0 bridgehead atoms. The summed E-state index contributed by atoms with van der Waals surface area (Å²) < 4.78 is 0. The molecule has 4 heteroatoms. The van der Waals surface area contributed by atoms with Gasteiger partial charge < -0.3 is 16.2 Å². The number of nitrogen functional groups attached to an aromatic ring is 1. The van der Waals surface area contributed by atoms with Crippen LogP contribution in [0.25, 0.3) is 0 Å². The molecule has 0 radical (unpaired) electrons. The number of hydrogen-bond acceptors (Lipinski definition) is 3. The number of nitrogens with one attached hydrogen (secondary N) is 1. The number of benzene rings is 1. The molecule has 19 heavy (non-hydrogen) atoms. The predicted molar refractivity (Wildman–Crippen MR) is 75.8 cm³/mol. The number of aliphatic hydroxyl groups excluding tert-OH is 1. The van der Waals surface area contributed by atoms with E-state index in [0.29, 0.717) is 29.6 Å². The second-order valence-electron chi connectivity index (χ2n) is 5.42. The molecule has 1 aliphatic carbocycles. The minimum atomic E-state index is -0.0756. The van der Waals surface area contributed by atoms with Crippen LogP contribution in [0, 0.1) is 18.8 Å². The van der Waals surface area contributed by atoms with Gasteiger partial charge in [0.2, 0.25) is 0 Å². The maximum absolute atomic E-state index is 12.1. The predicted octanol–water partition coefficient (Wildman–Crippen LogP) is 1.72. The molecule has 1 aromatic carbocycles. The number of hydrogen-bond donors (Lipinski definition) is 3. The van der Waals surface area contributed by atoms with E-state index in [1.54, 1.807) is 12.1 Å². The zero-order valence-electron chi connectivity index (χ0n) is 11.4. The van der Waals surface area contributed by atoms with Gasteiger partial charge in [-0.1, -0.05) is 12.5 Å². The lowest BCUT2D eigenvalue weighted by Crippen LogP contribution is -2.32. The molecular weight excluding hydrogens is 240 g/mol. The van der Waals surface area contributed by atoms with Gasteiger partial charge in [0.1, 0.15) is 0 Å². The van der Waals surface area contributed by atoms with Crippen LogP contribution in [0.5, 0.6) is 0 Å². The summed E-state index contributed by atoms with van der Waals surface area (Å²) in [5.41, 5.74) is 7.88. The van der Waals surface area contributed by atoms with E-state index >= 15 is 0 Å². The Morgan fingerprint density at radius 3 is 2.89 bits per heavy atom. The molecule has 4 nitrogen and oxygen atoms in total. The summed E-state index contributed by atoms with van der Waals surface area (Å²) in [6.45, 7) is 2.76. The third-order valence-electron chi connectivity index (χ3n) is 4.08. The number of aliphatic hydroxyl groups is 1. The van der Waals surface area contributed by atoms with Crippen LogP contribution in [0.3, 0.4) is 0 Å². The molecule has 0 aliphatic heterocycles. The highest BCUT2D eigenvalue weighted by Gasteiger charge is 2.26. The van der Waals surface area contributed by atoms with Crippen molar-refractivity contribution < 1.29 is 9.90 Å². The lowest BCUT2D eigenvalue weighted by Gasteiger charge is -2.18. The number of nitrogens with two attached hydrogens (primary N) is 1. The maximum atomic E-state index is 12.1. The standard InChI is InChI=1S/C15H22N2O2/c1-10-5-6-13(16)7-14(10)15(19)17-8-11-3-2-4-12(11)9-18/h5-7,11-12,18H,2-4,8-9,16H2,1H3,(H,17,19). The molecule has 1 fully saturated rings. The second-order valence-corrected chi connectivity index (χ2v) is 5.42. The summed E-state index contributed by atoms with van der Waals surface area (Å²) >= 11 is 0. The van der Waals surface area contributed by atoms with E-state index in [2.05, 4.69) is 5.32 Å². The molecule has 104 valence electrons. The van der Waals surface area contributed by atoms with Crippen molar-refractivity contribution in [3.05, 3.63) is 29.3 Å². The monoisotopic (exact) mass is 262 g/mol. The van der Waals surface area contributed by atoms with Crippen LogP contribution in [-0.2, 0) is 0 Å². The lowest BCUT2D eigenvalue weighted by molar-refractivity contribution is 0.0937. The van der Waals surface area contributed by atoms with Crippen LogP contribution in [-0.4, -0.2) is 24.2 Å². The SMILES string of the molecule is Cc1ccc(N)cc1C(=O)NCC1CCCC1CO. The summed E-state index contributed by atoms with van der Waals surface area (Å²) in [4.78, 5) is 12.1. The summed E-state index contributed by atoms with van der Waals surface area (Å²) in [5, 5.41) is 12.2. The molecule has 1 saturated carbocycles. The molecule has 0 saturated heterocycles. The number of anilines is 1. The van der Waals surface area contributed by atoms with Crippen molar-refractivity contribution in [2.24, 2.45) is 11.8 Å². The van der Waals surface area contributed by atoms with E-state index in [1.165, 1.54) is 0 Å². The van der Waals surface area contributed by atoms with Crippen molar-refractivity contribution in [3.63, 3.8) is 0 Å². The Labute approximate surface area is 114 Å². The Kier molecular flexibility index (Phi) is 4.43. The summed E-state index contributed by atoms with van der Waals surface area (Å²) in [5.74, 6) is 0.658. The Bertz CT molecular complexity index is 459. The van der Waals surface area contributed by atoms with Crippen molar-refractivity contribution in [1.29, 1.82) is 0 Å². The van der Waals surface area contributed by atoms with Crippen molar-refractivity contribution in [2.75, 3.05) is 18.9 Å². The van der Waals surface area contributed by atoms with Gasteiger partial charge in [-0.3, -0.25) is 4.79 Å². The minimum Gasteiger partial charge on any atom is -0.399 e. The number of aryl methyl sites for hydroxylation is 1. The first-order valence-corrected chi connectivity index (χ1v) is 6.87. The van der Waals surface area contributed by atoms with Crippen molar-refractivity contribution in [3.8, 4) is 0 Å². The quantitative estimate of drug-likeness (QED) is 0.723. The molecule has 2 unspecified atom stereocenters. The molecule has 0 spiro atoms. The van der Waals surface area contributed by atoms with Gasteiger partial charge in [-0.05, 0) is 49.3 Å². The average Bonchev–Trinajstić information content (AvgIpc) is 2.86. The number of carbonyl (C=O) groups is 1. The Morgan fingerprint density at radius 1 is 1.42 bits per heavy atom. The van der Waals surface area contributed by atoms with Crippen molar-refractivity contribution >= 4 is 11.6 Å². The molecule has 2 rings (SSSR count). The fourth-order valence-electron chi connectivity index (χ4n) is 2.83. The largest absolute Gasteiger partial charge is 0.399 e. The number of amides is 1. The summed E-state index contributed by atoms with van der Waals surface area (Å²) in [7, 11) is 0. The molecule has 0 heterocycles. The Balaban J connectivity index is 1.96. The first kappa shape index (κ1) is 13.9. The number of carbonyl (C=O) groups excluding carboxylic acids is 1. The fourth-order valence-corrected chi connectivity index (χ4v) is 2.83. The smallest absolute Gasteiger partial charge is 0.251 e. The highest BCUT2D eigenvalue weighted by atomic mass is 16.3. The van der Waals surface area contributed by atoms with Gasteiger partial charge in [0.15, 0.2) is 0 Å². The van der Waals surface area contributed by atoms with Crippen LogP contribution in [0.2, 0.25) is 0 Å². The molecular formula is C15H22N2O2. The van der Waals surface area contributed by atoms with Gasteiger partial charge in [-0.25, -0.2) is 0 Å². The van der Waals surface area contributed by atoms with E-state index < -0.39 is 0 Å². The average molecular weight is 262 g/mol. The van der Waals surface area contributed by atoms with E-state index in [-0.39, 0.29) is 12.5 Å². The number of rotatable bonds is 4. The van der Waals surface area contributed by atoms with E-state index in [0.717, 1.165) is 24.8 Å². The third-order valence-corrected chi connectivity index (χ3v) is 4.08. The Morgan fingerprint density at radius 2 is 2.16 bits per heavy atom. The highest BCUT2D eigenvalue weighted by Crippen LogP contribution is 2.30. The van der Waals surface area contributed by atoms with E-state index in [1.807, 2.05) is 13.0 Å². The zero-order valence-corrected chi connectivity index (χ0v) is 11.4. The first-order valence-electron chi connectivity index (χ1n) is 6.87. The lowest BCUT2D eigenvalue weighted by atomic mass is 9.97. The minimum absolute atomic E-state index is 0.0756. The second kappa shape index (κ2) is 6.06. The van der Waals surface area contributed by atoms with E-state index in [9.17, 15) is 9.90 Å². The van der Waals surface area contributed by atoms with Gasteiger partial charge in [0.25, 0.3) is 5.91 Å². The topological polar surface area (TPSA) is 75.4 Å². The zero-order chi connectivity index (χ0) is 13.8. The van der Waals surface area contributed by atoms with Gasteiger partial charge in [0, 0.05) is 24.4 Å². The summed E-state index contributed by atoms with van der Waals surface area (Å²) in [6, 6.07) is 5.37. The third kappa shape index (κ3) is 3.26. The molecule has 1 aliphatic rings. The highest BCUT2D eigenvalue weighted by molar-refractivity contribution is 5.96. The van der Waals surface area contributed by atoms with Gasteiger partial charge in [0.05, 0.1) is 0 Å². The normalized spacial score (nSPS) is 22.4. The fraction of sp³-hybridized carbons (Fsp3) is 0.533. The summed E-state index contributed by atoms with van der Waals surface area (Å²) in [6.07, 6.45) is 3.29. The molecule has 2 atom stereocenters. The molecule has 1 aromatic rings. The van der Waals surface area contributed by atoms with Crippen LogP contribution in [0.15, 0.2) is 18.2 Å². The van der Waals surface area contributed by atoms with E-state index in [4.69, 9.17) is 5.73 Å². The van der Waals surface area contributed by atoms with Crippen LogP contribution < -0.4 is 11.1 Å². The van der Waals surface area contributed by atoms with Crippen LogP contribution in [0.1, 0.15) is 35.2 Å². The molecule has 4 N–H and O–H groups in total. The Hall–Kier alpha value is -1.55. The maximum Gasteiger partial charge on any atom is 0.251 e. The molecule has 1 amide bonds. The van der Waals surface area contributed by atoms with Crippen molar-refractivity contribution in [1.82, 2.24) is 5.32 Å². The van der Waals surface area contributed by atoms with Crippen molar-refractivity contribution in [2.45, 2.75) is 26.2 Å².